The Labute approximate surface area is 97.0 Å². The minimum atomic E-state index is -2.44. The Morgan fingerprint density at radius 3 is 2.71 bits per heavy atom. The summed E-state index contributed by atoms with van der Waals surface area (Å²) in [5.74, 6) is 0. The van der Waals surface area contributed by atoms with Crippen LogP contribution in [-0.4, -0.2) is 29.8 Å². The minimum absolute atomic E-state index is 0.0265. The molecule has 0 saturated carbocycles. The maximum Gasteiger partial charge on any atom is 0.292 e. The summed E-state index contributed by atoms with van der Waals surface area (Å²) in [6, 6.07) is 4.36. The average Bonchev–Trinajstić information content (AvgIpc) is 2.19. The predicted molar refractivity (Wildman–Crippen MR) is 59.8 cm³/mol. The number of benzene rings is 1. The smallest absolute Gasteiger partial charge is 0.292 e. The number of nitrogens with zero attached hydrogens (tertiary/aromatic N) is 2. The minimum Gasteiger partial charge on any atom is -0.393 e. The van der Waals surface area contributed by atoms with Crippen molar-refractivity contribution >= 4 is 11.4 Å². The molecule has 0 aliphatic rings. The number of nitro groups is 1. The van der Waals surface area contributed by atoms with Gasteiger partial charge < -0.3 is 5.73 Å². The van der Waals surface area contributed by atoms with Crippen LogP contribution in [0, 0.1) is 10.1 Å². The predicted octanol–water partition coefficient (Wildman–Crippen LogP) is 1.87. The molecule has 1 aromatic rings. The number of hydrogen-bond donors (Lipinski definition) is 1. The van der Waals surface area contributed by atoms with Crippen LogP contribution in [0.25, 0.3) is 0 Å². The molecule has 94 valence electrons. The molecule has 1 aromatic carbocycles. The van der Waals surface area contributed by atoms with Gasteiger partial charge >= 0.3 is 0 Å². The lowest BCUT2D eigenvalue weighted by Crippen LogP contribution is -2.24. The third-order valence-electron chi connectivity index (χ3n) is 2.26. The van der Waals surface area contributed by atoms with E-state index in [4.69, 9.17) is 5.73 Å². The summed E-state index contributed by atoms with van der Waals surface area (Å²) in [5.41, 5.74) is 5.91. The number of anilines is 1. The molecule has 0 aliphatic heterocycles. The average molecular weight is 245 g/mol. The molecule has 0 amide bonds. The molecule has 5 nitrogen and oxygen atoms in total. The maximum atomic E-state index is 12.1. The van der Waals surface area contributed by atoms with E-state index in [0.717, 1.165) is 0 Å². The number of para-hydroxylation sites is 1. The van der Waals surface area contributed by atoms with Crippen LogP contribution in [0.1, 0.15) is 5.56 Å². The van der Waals surface area contributed by atoms with Crippen LogP contribution in [0.3, 0.4) is 0 Å². The first kappa shape index (κ1) is 13.3. The summed E-state index contributed by atoms with van der Waals surface area (Å²) < 4.78 is 24.2. The van der Waals surface area contributed by atoms with Crippen molar-refractivity contribution in [3.8, 4) is 0 Å². The Morgan fingerprint density at radius 1 is 1.53 bits per heavy atom. The van der Waals surface area contributed by atoms with Gasteiger partial charge in [0.05, 0.1) is 11.5 Å². The van der Waals surface area contributed by atoms with Crippen molar-refractivity contribution in [1.82, 2.24) is 4.90 Å². The zero-order valence-corrected chi connectivity index (χ0v) is 9.27. The first-order valence-electron chi connectivity index (χ1n) is 4.90. The molecule has 0 bridgehead atoms. The molecule has 0 heterocycles. The topological polar surface area (TPSA) is 72.4 Å². The monoisotopic (exact) mass is 245 g/mol. The van der Waals surface area contributed by atoms with Crippen LogP contribution in [0.2, 0.25) is 0 Å². The Bertz CT molecular complexity index is 413. The molecule has 1 rings (SSSR count). The summed E-state index contributed by atoms with van der Waals surface area (Å²) in [6.07, 6.45) is -2.44. The highest BCUT2D eigenvalue weighted by Gasteiger charge is 2.16. The Balaban J connectivity index is 2.85. The van der Waals surface area contributed by atoms with E-state index in [1.807, 2.05) is 0 Å². The van der Waals surface area contributed by atoms with Crippen LogP contribution in [0.4, 0.5) is 20.2 Å². The highest BCUT2D eigenvalue weighted by Crippen LogP contribution is 2.25. The molecular formula is C10H13F2N3O2. The summed E-state index contributed by atoms with van der Waals surface area (Å²) in [4.78, 5) is 11.4. The Hall–Kier alpha value is -1.76. The van der Waals surface area contributed by atoms with Gasteiger partial charge in [0.15, 0.2) is 0 Å². The Morgan fingerprint density at radius 2 is 2.18 bits per heavy atom. The molecule has 17 heavy (non-hydrogen) atoms. The van der Waals surface area contributed by atoms with Gasteiger partial charge in [-0.25, -0.2) is 8.78 Å². The summed E-state index contributed by atoms with van der Waals surface area (Å²) in [5, 5.41) is 10.6. The number of nitrogen functional groups attached to an aromatic ring is 1. The van der Waals surface area contributed by atoms with Gasteiger partial charge in [0.2, 0.25) is 0 Å². The number of rotatable bonds is 5. The van der Waals surface area contributed by atoms with E-state index in [1.165, 1.54) is 24.1 Å². The number of nitro benzene ring substituents is 1. The van der Waals surface area contributed by atoms with Crippen molar-refractivity contribution in [1.29, 1.82) is 0 Å². The van der Waals surface area contributed by atoms with E-state index in [9.17, 15) is 18.9 Å². The molecular weight excluding hydrogens is 232 g/mol. The van der Waals surface area contributed by atoms with Gasteiger partial charge in [-0.1, -0.05) is 12.1 Å². The fourth-order valence-electron chi connectivity index (χ4n) is 1.49. The van der Waals surface area contributed by atoms with Crippen LogP contribution >= 0.6 is 0 Å². The van der Waals surface area contributed by atoms with Gasteiger partial charge in [-0.3, -0.25) is 15.0 Å². The van der Waals surface area contributed by atoms with Crippen LogP contribution < -0.4 is 5.73 Å². The van der Waals surface area contributed by atoms with E-state index in [0.29, 0.717) is 5.56 Å². The summed E-state index contributed by atoms with van der Waals surface area (Å²) >= 11 is 0. The molecule has 0 aliphatic carbocycles. The number of alkyl halides is 2. The fourth-order valence-corrected chi connectivity index (χ4v) is 1.49. The Kier molecular flexibility index (Phi) is 4.33. The van der Waals surface area contributed by atoms with Crippen molar-refractivity contribution < 1.29 is 13.7 Å². The molecule has 0 saturated heterocycles. The molecule has 0 radical (unpaired) electrons. The molecule has 2 N–H and O–H groups in total. The van der Waals surface area contributed by atoms with Gasteiger partial charge in [0, 0.05) is 12.6 Å². The van der Waals surface area contributed by atoms with E-state index in [1.54, 1.807) is 6.07 Å². The van der Waals surface area contributed by atoms with Gasteiger partial charge in [0.1, 0.15) is 5.69 Å². The van der Waals surface area contributed by atoms with Crippen molar-refractivity contribution in [2.45, 2.75) is 13.0 Å². The van der Waals surface area contributed by atoms with Crippen LogP contribution in [-0.2, 0) is 6.54 Å². The van der Waals surface area contributed by atoms with Crippen molar-refractivity contribution in [3.63, 3.8) is 0 Å². The first-order chi connectivity index (χ1) is 7.91. The number of halogens is 2. The number of hydrogen-bond acceptors (Lipinski definition) is 4. The largest absolute Gasteiger partial charge is 0.393 e. The molecule has 0 atom stereocenters. The second-order valence-electron chi connectivity index (χ2n) is 3.69. The van der Waals surface area contributed by atoms with E-state index < -0.39 is 17.9 Å². The van der Waals surface area contributed by atoms with Crippen LogP contribution in [0.15, 0.2) is 18.2 Å². The van der Waals surface area contributed by atoms with Gasteiger partial charge in [-0.2, -0.15) is 0 Å². The van der Waals surface area contributed by atoms with Gasteiger partial charge in [-0.05, 0) is 12.6 Å². The molecule has 0 fully saturated rings. The summed E-state index contributed by atoms with van der Waals surface area (Å²) in [6.45, 7) is -0.250. The van der Waals surface area contributed by atoms with E-state index in [-0.39, 0.29) is 17.9 Å². The lowest BCUT2D eigenvalue weighted by atomic mass is 10.1. The van der Waals surface area contributed by atoms with E-state index >= 15 is 0 Å². The first-order valence-corrected chi connectivity index (χ1v) is 4.90. The molecule has 7 heteroatoms. The van der Waals surface area contributed by atoms with Crippen molar-refractivity contribution in [2.24, 2.45) is 0 Å². The van der Waals surface area contributed by atoms with Crippen LogP contribution in [0.5, 0.6) is 0 Å². The third kappa shape index (κ3) is 3.63. The maximum absolute atomic E-state index is 12.1. The lowest BCUT2D eigenvalue weighted by molar-refractivity contribution is -0.384. The van der Waals surface area contributed by atoms with Crippen molar-refractivity contribution in [3.05, 3.63) is 33.9 Å². The standard InChI is InChI=1S/C10H13F2N3O2/c1-14(6-9(11)12)5-7-3-2-4-8(10(7)13)15(16)17/h2-4,9H,5-6,13H2,1H3. The number of nitrogens with two attached hydrogens (primary N) is 1. The second kappa shape index (κ2) is 5.53. The molecule has 0 unspecified atom stereocenters. The SMILES string of the molecule is CN(Cc1cccc([N+](=O)[O-])c1N)CC(F)F. The summed E-state index contributed by atoms with van der Waals surface area (Å²) in [7, 11) is 1.50. The highest BCUT2D eigenvalue weighted by atomic mass is 19.3. The third-order valence-corrected chi connectivity index (χ3v) is 2.26. The zero-order chi connectivity index (χ0) is 13.0. The van der Waals surface area contributed by atoms with E-state index in [2.05, 4.69) is 0 Å². The molecule has 0 aromatic heterocycles. The quantitative estimate of drug-likeness (QED) is 0.488. The lowest BCUT2D eigenvalue weighted by Gasteiger charge is -2.16. The van der Waals surface area contributed by atoms with Gasteiger partial charge in [0.25, 0.3) is 12.1 Å². The molecule has 0 spiro atoms. The highest BCUT2D eigenvalue weighted by molar-refractivity contribution is 5.62. The normalized spacial score (nSPS) is 11.1. The van der Waals surface area contributed by atoms with Crippen molar-refractivity contribution in [2.75, 3.05) is 19.3 Å². The fraction of sp³-hybridized carbons (Fsp3) is 0.400. The van der Waals surface area contributed by atoms with Gasteiger partial charge in [-0.15, -0.1) is 0 Å². The second-order valence-corrected chi connectivity index (χ2v) is 3.69. The zero-order valence-electron chi connectivity index (χ0n) is 9.27.